The summed E-state index contributed by atoms with van der Waals surface area (Å²) in [6.45, 7) is 0.453. The Morgan fingerprint density at radius 3 is 2.36 bits per heavy atom. The molecule has 2 N–H and O–H groups in total. The highest BCUT2D eigenvalue weighted by Crippen LogP contribution is 2.44. The molecule has 0 unspecified atom stereocenters. The lowest BCUT2D eigenvalue weighted by atomic mass is 9.98. The first kappa shape index (κ1) is 20.8. The molecule has 2 amide bonds. The number of nitrogens with zero attached hydrogens (tertiary/aromatic N) is 1. The zero-order chi connectivity index (χ0) is 22.9. The van der Waals surface area contributed by atoms with Crippen molar-refractivity contribution in [2.24, 2.45) is 0 Å². The van der Waals surface area contributed by atoms with Crippen LogP contribution in [0.1, 0.15) is 40.4 Å². The number of fused-ring (bicyclic) bond motifs is 3. The van der Waals surface area contributed by atoms with Gasteiger partial charge in [0, 0.05) is 18.5 Å². The number of carbonyl (C=O) groups excluding carboxylic acids is 2. The van der Waals surface area contributed by atoms with E-state index in [1.165, 1.54) is 17.2 Å². The molecule has 0 saturated carbocycles. The molecule has 1 saturated heterocycles. The molecular weight excluding hydrogens is 424 g/mol. The number of likely N-dealkylation sites (tertiary alicyclic amines) is 1. The summed E-state index contributed by atoms with van der Waals surface area (Å²) in [4.78, 5) is 38.1. The van der Waals surface area contributed by atoms with Gasteiger partial charge in [0.05, 0.1) is 12.0 Å². The van der Waals surface area contributed by atoms with E-state index in [9.17, 15) is 19.5 Å². The van der Waals surface area contributed by atoms with Gasteiger partial charge in [-0.1, -0.05) is 48.5 Å². The van der Waals surface area contributed by atoms with Crippen molar-refractivity contribution >= 4 is 23.7 Å². The molecule has 1 aliphatic heterocycles. The maximum atomic E-state index is 12.8. The molecule has 0 radical (unpaired) electrons. The number of nitrogens with one attached hydrogen (secondary N) is 1. The van der Waals surface area contributed by atoms with Crippen LogP contribution in [-0.4, -0.2) is 47.2 Å². The molecule has 5 rings (SSSR count). The van der Waals surface area contributed by atoms with Crippen LogP contribution in [0.4, 0.5) is 10.5 Å². The van der Waals surface area contributed by atoms with Gasteiger partial charge in [-0.2, -0.15) is 0 Å². The normalized spacial score (nSPS) is 16.8. The van der Waals surface area contributed by atoms with Crippen molar-refractivity contribution in [3.63, 3.8) is 0 Å². The van der Waals surface area contributed by atoms with Crippen LogP contribution < -0.4 is 5.32 Å². The van der Waals surface area contributed by atoms with Crippen molar-refractivity contribution < 1.29 is 28.6 Å². The number of carboxylic acid groups (broad SMARTS) is 1. The molecular formula is C25H22N2O6. The van der Waals surface area contributed by atoms with Gasteiger partial charge < -0.3 is 19.2 Å². The highest BCUT2D eigenvalue weighted by molar-refractivity contribution is 6.01. The molecule has 0 bridgehead atoms. The molecule has 2 heterocycles. The third-order valence-corrected chi connectivity index (χ3v) is 6.24. The van der Waals surface area contributed by atoms with Crippen molar-refractivity contribution in [3.05, 3.63) is 77.7 Å². The fourth-order valence-corrected chi connectivity index (χ4v) is 4.71. The van der Waals surface area contributed by atoms with Gasteiger partial charge in [0.2, 0.25) is 5.76 Å². The van der Waals surface area contributed by atoms with E-state index < -0.39 is 24.0 Å². The molecule has 2 aliphatic rings. The van der Waals surface area contributed by atoms with E-state index in [1.54, 1.807) is 0 Å². The molecule has 1 aromatic heterocycles. The fraction of sp³-hybridized carbons (Fsp3) is 0.240. The predicted octanol–water partition coefficient (Wildman–Crippen LogP) is 4.33. The predicted molar refractivity (Wildman–Crippen MR) is 119 cm³/mol. The number of carbonyl (C=O) groups is 3. The van der Waals surface area contributed by atoms with E-state index in [1.807, 2.05) is 36.4 Å². The Morgan fingerprint density at radius 1 is 1.03 bits per heavy atom. The van der Waals surface area contributed by atoms with Gasteiger partial charge in [0.15, 0.2) is 0 Å². The number of furan rings is 1. The van der Waals surface area contributed by atoms with Crippen LogP contribution in [0.15, 0.2) is 65.3 Å². The lowest BCUT2D eigenvalue weighted by Crippen LogP contribution is -2.40. The number of rotatable bonds is 5. The molecule has 1 fully saturated rings. The Labute approximate surface area is 189 Å². The molecule has 168 valence electrons. The van der Waals surface area contributed by atoms with E-state index in [-0.39, 0.29) is 24.0 Å². The highest BCUT2D eigenvalue weighted by Gasteiger charge is 2.37. The van der Waals surface area contributed by atoms with E-state index in [4.69, 9.17) is 9.15 Å². The van der Waals surface area contributed by atoms with Crippen molar-refractivity contribution in [2.75, 3.05) is 18.5 Å². The van der Waals surface area contributed by atoms with E-state index in [0.717, 1.165) is 22.3 Å². The largest absolute Gasteiger partial charge is 0.480 e. The molecule has 33 heavy (non-hydrogen) atoms. The Kier molecular flexibility index (Phi) is 5.34. The van der Waals surface area contributed by atoms with Gasteiger partial charge in [0.1, 0.15) is 12.6 Å². The summed E-state index contributed by atoms with van der Waals surface area (Å²) in [5.74, 6) is -1.83. The van der Waals surface area contributed by atoms with Gasteiger partial charge in [0.25, 0.3) is 5.91 Å². The second-order valence-electron chi connectivity index (χ2n) is 8.11. The lowest BCUT2D eigenvalue weighted by molar-refractivity contribution is -0.141. The smallest absolute Gasteiger partial charge is 0.411 e. The summed E-state index contributed by atoms with van der Waals surface area (Å²) in [6, 6.07) is 16.6. The number of carboxylic acids is 1. The summed E-state index contributed by atoms with van der Waals surface area (Å²) in [5.41, 5.74) is 4.60. The SMILES string of the molecule is O=C(Nc1ccoc1C(=O)N1CCC[C@@H]1C(=O)O)OCC1c2ccccc2-c2ccccc21. The first-order valence-electron chi connectivity index (χ1n) is 10.8. The first-order chi connectivity index (χ1) is 16.0. The Balaban J connectivity index is 1.28. The summed E-state index contributed by atoms with van der Waals surface area (Å²) in [6.07, 6.45) is 1.54. The maximum Gasteiger partial charge on any atom is 0.411 e. The van der Waals surface area contributed by atoms with Gasteiger partial charge in [-0.15, -0.1) is 0 Å². The van der Waals surface area contributed by atoms with Crippen LogP contribution in [0, 0.1) is 0 Å². The van der Waals surface area contributed by atoms with Gasteiger partial charge >= 0.3 is 12.1 Å². The average molecular weight is 446 g/mol. The van der Waals surface area contributed by atoms with Crippen LogP contribution >= 0.6 is 0 Å². The zero-order valence-corrected chi connectivity index (χ0v) is 17.7. The summed E-state index contributed by atoms with van der Waals surface area (Å²) in [5, 5.41) is 11.9. The number of aliphatic carboxylic acids is 1. The Morgan fingerprint density at radius 2 is 1.70 bits per heavy atom. The van der Waals surface area contributed by atoms with Crippen LogP contribution in [0.3, 0.4) is 0 Å². The standard InChI is InChI=1S/C25H22N2O6/c28-23(27-12-5-10-21(27)24(29)30)22-20(11-13-32-22)26-25(31)33-14-19-17-8-3-1-6-15(17)16-7-2-4-9-18(16)19/h1-4,6-9,11,13,19,21H,5,10,12,14H2,(H,26,31)(H,29,30)/t21-/m1/s1. The van der Waals surface area contributed by atoms with E-state index in [0.29, 0.717) is 19.4 Å². The van der Waals surface area contributed by atoms with Gasteiger partial charge in [-0.05, 0) is 35.1 Å². The third kappa shape index (κ3) is 3.73. The van der Waals surface area contributed by atoms with Crippen LogP contribution in [0.25, 0.3) is 11.1 Å². The quantitative estimate of drug-likeness (QED) is 0.604. The van der Waals surface area contributed by atoms with Gasteiger partial charge in [-0.25, -0.2) is 9.59 Å². The Hall–Kier alpha value is -4.07. The number of ether oxygens (including phenoxy) is 1. The summed E-state index contributed by atoms with van der Waals surface area (Å²) >= 11 is 0. The number of hydrogen-bond donors (Lipinski definition) is 2. The zero-order valence-electron chi connectivity index (χ0n) is 17.7. The molecule has 1 atom stereocenters. The van der Waals surface area contributed by atoms with Crippen LogP contribution in [0.2, 0.25) is 0 Å². The molecule has 8 heteroatoms. The van der Waals surface area contributed by atoms with Crippen LogP contribution in [-0.2, 0) is 9.53 Å². The maximum absolute atomic E-state index is 12.8. The number of hydrogen-bond acceptors (Lipinski definition) is 5. The second kappa shape index (κ2) is 8.46. The molecule has 8 nitrogen and oxygen atoms in total. The summed E-state index contributed by atoms with van der Waals surface area (Å²) in [7, 11) is 0. The Bertz CT molecular complexity index is 1190. The molecule has 2 aromatic carbocycles. The number of anilines is 1. The lowest BCUT2D eigenvalue weighted by Gasteiger charge is -2.20. The van der Waals surface area contributed by atoms with Crippen molar-refractivity contribution in [1.82, 2.24) is 4.90 Å². The third-order valence-electron chi connectivity index (χ3n) is 6.24. The fourth-order valence-electron chi connectivity index (χ4n) is 4.71. The van der Waals surface area contributed by atoms with E-state index >= 15 is 0 Å². The number of benzene rings is 2. The first-order valence-corrected chi connectivity index (χ1v) is 10.8. The molecule has 0 spiro atoms. The average Bonchev–Trinajstić information content (AvgIpc) is 3.55. The minimum Gasteiger partial charge on any atom is -0.480 e. The van der Waals surface area contributed by atoms with E-state index in [2.05, 4.69) is 17.4 Å². The minimum absolute atomic E-state index is 0.0884. The minimum atomic E-state index is -1.06. The molecule has 3 aromatic rings. The van der Waals surface area contributed by atoms with Gasteiger partial charge in [-0.3, -0.25) is 10.1 Å². The van der Waals surface area contributed by atoms with Crippen molar-refractivity contribution in [3.8, 4) is 11.1 Å². The topological polar surface area (TPSA) is 109 Å². The highest BCUT2D eigenvalue weighted by atomic mass is 16.5. The second-order valence-corrected chi connectivity index (χ2v) is 8.11. The van der Waals surface area contributed by atoms with Crippen LogP contribution in [0.5, 0.6) is 0 Å². The number of amides is 2. The van der Waals surface area contributed by atoms with Crippen molar-refractivity contribution in [2.45, 2.75) is 24.8 Å². The van der Waals surface area contributed by atoms with Crippen molar-refractivity contribution in [1.29, 1.82) is 0 Å². The monoisotopic (exact) mass is 446 g/mol. The summed E-state index contributed by atoms with van der Waals surface area (Å²) < 4.78 is 10.8. The molecule has 1 aliphatic carbocycles.